The first-order valence-corrected chi connectivity index (χ1v) is 6.91. The van der Waals surface area contributed by atoms with Crippen LogP contribution >= 0.6 is 15.9 Å². The fourth-order valence-corrected chi connectivity index (χ4v) is 2.29. The standard InChI is InChI=1S/C14H22BrFN2/c1-10(18(4)9-14(2,3)8-17)12-6-5-11(15)7-13(12)16/h5-7,10H,8-9,17H2,1-4H3. The highest BCUT2D eigenvalue weighted by molar-refractivity contribution is 9.10. The Bertz CT molecular complexity index is 407. The summed E-state index contributed by atoms with van der Waals surface area (Å²) < 4.78 is 14.7. The molecule has 0 aliphatic rings. The molecule has 0 saturated carbocycles. The minimum absolute atomic E-state index is 0.0314. The molecule has 2 nitrogen and oxygen atoms in total. The average molecular weight is 317 g/mol. The topological polar surface area (TPSA) is 29.3 Å². The van der Waals surface area contributed by atoms with Crippen LogP contribution in [0.1, 0.15) is 32.4 Å². The number of benzene rings is 1. The molecule has 0 radical (unpaired) electrons. The maximum absolute atomic E-state index is 13.9. The Morgan fingerprint density at radius 3 is 2.56 bits per heavy atom. The Hall–Kier alpha value is -0.450. The summed E-state index contributed by atoms with van der Waals surface area (Å²) in [4.78, 5) is 2.14. The van der Waals surface area contributed by atoms with Gasteiger partial charge in [-0.1, -0.05) is 35.8 Å². The van der Waals surface area contributed by atoms with Crippen molar-refractivity contribution in [2.24, 2.45) is 11.1 Å². The third kappa shape index (κ3) is 4.04. The van der Waals surface area contributed by atoms with Crippen molar-refractivity contribution >= 4 is 15.9 Å². The SMILES string of the molecule is CC(c1ccc(Br)cc1F)N(C)CC(C)(C)CN. The summed E-state index contributed by atoms with van der Waals surface area (Å²) >= 11 is 3.27. The molecule has 102 valence electrons. The predicted octanol–water partition coefficient (Wildman–Crippen LogP) is 3.57. The Morgan fingerprint density at radius 2 is 2.06 bits per heavy atom. The molecule has 1 unspecified atom stereocenters. The third-order valence-electron chi connectivity index (χ3n) is 3.30. The molecule has 0 fully saturated rings. The van der Waals surface area contributed by atoms with Gasteiger partial charge >= 0.3 is 0 Å². The van der Waals surface area contributed by atoms with Crippen molar-refractivity contribution < 1.29 is 4.39 Å². The zero-order valence-corrected chi connectivity index (χ0v) is 13.1. The molecule has 2 N–H and O–H groups in total. The summed E-state index contributed by atoms with van der Waals surface area (Å²) in [6.45, 7) is 7.70. The Kier molecular flexibility index (Phi) is 5.32. The highest BCUT2D eigenvalue weighted by Crippen LogP contribution is 2.27. The van der Waals surface area contributed by atoms with Gasteiger partial charge in [0.05, 0.1) is 0 Å². The van der Waals surface area contributed by atoms with Crippen molar-refractivity contribution in [2.45, 2.75) is 26.8 Å². The number of hydrogen-bond acceptors (Lipinski definition) is 2. The maximum Gasteiger partial charge on any atom is 0.129 e. The number of rotatable bonds is 5. The summed E-state index contributed by atoms with van der Waals surface area (Å²) in [5.74, 6) is -0.172. The van der Waals surface area contributed by atoms with E-state index in [0.29, 0.717) is 12.1 Å². The van der Waals surface area contributed by atoms with Crippen LogP contribution in [0, 0.1) is 11.2 Å². The summed E-state index contributed by atoms with van der Waals surface area (Å²) in [6.07, 6.45) is 0. The van der Waals surface area contributed by atoms with E-state index in [4.69, 9.17) is 5.73 Å². The Labute approximate surface area is 117 Å². The number of halogens is 2. The quantitative estimate of drug-likeness (QED) is 0.899. The van der Waals surface area contributed by atoms with Gasteiger partial charge in [-0.15, -0.1) is 0 Å². The summed E-state index contributed by atoms with van der Waals surface area (Å²) in [5, 5.41) is 0. The van der Waals surface area contributed by atoms with Crippen LogP contribution in [-0.2, 0) is 0 Å². The second-order valence-electron chi connectivity index (χ2n) is 5.63. The monoisotopic (exact) mass is 316 g/mol. The molecule has 0 aliphatic heterocycles. The van der Waals surface area contributed by atoms with Gasteiger partial charge in [0.2, 0.25) is 0 Å². The third-order valence-corrected chi connectivity index (χ3v) is 3.80. The van der Waals surface area contributed by atoms with Crippen LogP contribution in [-0.4, -0.2) is 25.0 Å². The molecule has 0 bridgehead atoms. The van der Waals surface area contributed by atoms with E-state index in [1.165, 1.54) is 6.07 Å². The molecular weight excluding hydrogens is 295 g/mol. The molecule has 18 heavy (non-hydrogen) atoms. The minimum atomic E-state index is -0.172. The molecule has 0 spiro atoms. The lowest BCUT2D eigenvalue weighted by molar-refractivity contribution is 0.172. The molecule has 1 atom stereocenters. The number of nitrogens with zero attached hydrogens (tertiary/aromatic N) is 1. The second kappa shape index (κ2) is 6.13. The predicted molar refractivity (Wildman–Crippen MR) is 78.0 cm³/mol. The highest BCUT2D eigenvalue weighted by atomic mass is 79.9. The van der Waals surface area contributed by atoms with Crippen LogP contribution in [0.25, 0.3) is 0 Å². The van der Waals surface area contributed by atoms with Crippen molar-refractivity contribution in [3.63, 3.8) is 0 Å². The van der Waals surface area contributed by atoms with Crippen molar-refractivity contribution in [1.82, 2.24) is 4.90 Å². The lowest BCUT2D eigenvalue weighted by atomic mass is 9.92. The molecule has 1 rings (SSSR count). The molecule has 0 amide bonds. The van der Waals surface area contributed by atoms with Crippen molar-refractivity contribution in [3.8, 4) is 0 Å². The van der Waals surface area contributed by atoms with E-state index in [-0.39, 0.29) is 17.3 Å². The van der Waals surface area contributed by atoms with E-state index in [2.05, 4.69) is 34.7 Å². The maximum atomic E-state index is 13.9. The van der Waals surface area contributed by atoms with Gasteiger partial charge in [0.25, 0.3) is 0 Å². The molecule has 1 aromatic carbocycles. The van der Waals surface area contributed by atoms with Gasteiger partial charge in [0, 0.05) is 22.6 Å². The van der Waals surface area contributed by atoms with Crippen LogP contribution < -0.4 is 5.73 Å². The van der Waals surface area contributed by atoms with Gasteiger partial charge < -0.3 is 5.73 Å². The van der Waals surface area contributed by atoms with Crippen molar-refractivity contribution in [3.05, 3.63) is 34.1 Å². The van der Waals surface area contributed by atoms with Crippen LogP contribution in [0.2, 0.25) is 0 Å². The van der Waals surface area contributed by atoms with E-state index in [9.17, 15) is 4.39 Å². The lowest BCUT2D eigenvalue weighted by Crippen LogP contribution is -2.38. The van der Waals surface area contributed by atoms with E-state index in [1.807, 2.05) is 26.1 Å². The van der Waals surface area contributed by atoms with E-state index < -0.39 is 0 Å². The first-order valence-electron chi connectivity index (χ1n) is 6.12. The van der Waals surface area contributed by atoms with Gasteiger partial charge in [0.1, 0.15) is 5.82 Å². The normalized spacial score (nSPS) is 14.0. The van der Waals surface area contributed by atoms with Gasteiger partial charge in [-0.05, 0) is 38.1 Å². The van der Waals surface area contributed by atoms with E-state index >= 15 is 0 Å². The molecule has 0 saturated heterocycles. The fraction of sp³-hybridized carbons (Fsp3) is 0.571. The van der Waals surface area contributed by atoms with Crippen LogP contribution in [0.3, 0.4) is 0 Å². The van der Waals surface area contributed by atoms with Gasteiger partial charge in [-0.25, -0.2) is 4.39 Å². The molecule has 1 aromatic rings. The van der Waals surface area contributed by atoms with Crippen molar-refractivity contribution in [1.29, 1.82) is 0 Å². The summed E-state index contributed by atoms with van der Waals surface area (Å²) in [6, 6.07) is 5.24. The first-order chi connectivity index (χ1) is 8.26. The fourth-order valence-electron chi connectivity index (χ4n) is 1.95. The first kappa shape index (κ1) is 15.6. The summed E-state index contributed by atoms with van der Waals surface area (Å²) in [7, 11) is 2.00. The van der Waals surface area contributed by atoms with E-state index in [1.54, 1.807) is 0 Å². The van der Waals surface area contributed by atoms with E-state index in [0.717, 1.165) is 11.0 Å². The molecular formula is C14H22BrFN2. The van der Waals surface area contributed by atoms with Crippen LogP contribution in [0.15, 0.2) is 22.7 Å². The largest absolute Gasteiger partial charge is 0.330 e. The van der Waals surface area contributed by atoms with Gasteiger partial charge in [-0.2, -0.15) is 0 Å². The van der Waals surface area contributed by atoms with Crippen LogP contribution in [0.5, 0.6) is 0 Å². The molecule has 4 heteroatoms. The van der Waals surface area contributed by atoms with Gasteiger partial charge in [0.15, 0.2) is 0 Å². The summed E-state index contributed by atoms with van der Waals surface area (Å²) in [5.41, 5.74) is 6.49. The van der Waals surface area contributed by atoms with Gasteiger partial charge in [-0.3, -0.25) is 4.90 Å². The van der Waals surface area contributed by atoms with Crippen molar-refractivity contribution in [2.75, 3.05) is 20.1 Å². The smallest absolute Gasteiger partial charge is 0.129 e. The molecule has 0 aromatic heterocycles. The Balaban J connectivity index is 2.83. The van der Waals surface area contributed by atoms with Crippen LogP contribution in [0.4, 0.5) is 4.39 Å². The molecule has 0 heterocycles. The zero-order valence-electron chi connectivity index (χ0n) is 11.5. The number of hydrogen-bond donors (Lipinski definition) is 1. The highest BCUT2D eigenvalue weighted by Gasteiger charge is 2.23. The zero-order chi connectivity index (χ0) is 13.9. The number of nitrogens with two attached hydrogens (primary N) is 1. The minimum Gasteiger partial charge on any atom is -0.330 e. The Morgan fingerprint density at radius 1 is 1.44 bits per heavy atom. The molecule has 0 aliphatic carbocycles. The lowest BCUT2D eigenvalue weighted by Gasteiger charge is -2.33. The second-order valence-corrected chi connectivity index (χ2v) is 6.54. The average Bonchev–Trinajstić information content (AvgIpc) is 2.27.